The summed E-state index contributed by atoms with van der Waals surface area (Å²) in [5.41, 5.74) is 1.34. The molecule has 0 aliphatic carbocycles. The van der Waals surface area contributed by atoms with Crippen molar-refractivity contribution in [1.82, 2.24) is 0 Å². The third-order valence-corrected chi connectivity index (χ3v) is 4.28. The Labute approximate surface area is 103 Å². The summed E-state index contributed by atoms with van der Waals surface area (Å²) in [7, 11) is 0. The van der Waals surface area contributed by atoms with Crippen molar-refractivity contribution in [2.45, 2.75) is 25.7 Å². The van der Waals surface area contributed by atoms with E-state index in [0.29, 0.717) is 5.92 Å². The van der Waals surface area contributed by atoms with Crippen LogP contribution in [-0.4, -0.2) is 11.5 Å². The van der Waals surface area contributed by atoms with Crippen molar-refractivity contribution < 1.29 is 0 Å². The molecule has 1 unspecified atom stereocenters. The molecule has 0 spiro atoms. The monoisotopic (exact) mass is 240 g/mol. The van der Waals surface area contributed by atoms with E-state index in [0.717, 1.165) is 11.7 Å². The van der Waals surface area contributed by atoms with Gasteiger partial charge in [-0.25, -0.2) is 0 Å². The second-order valence-electron chi connectivity index (χ2n) is 4.31. The highest BCUT2D eigenvalue weighted by molar-refractivity contribution is 7.99. The molecule has 1 atom stereocenters. The van der Waals surface area contributed by atoms with E-state index in [1.165, 1.54) is 16.2 Å². The van der Waals surface area contributed by atoms with Crippen LogP contribution in [0, 0.1) is 18.8 Å². The molecule has 1 aromatic rings. The molecule has 0 fully saturated rings. The largest absolute Gasteiger partial charge is 0.179 e. The smallest absolute Gasteiger partial charge is 0.00746 e. The lowest BCUT2D eigenvalue weighted by molar-refractivity contribution is 0.473. The Morgan fingerprint density at radius 3 is 2.60 bits per heavy atom. The van der Waals surface area contributed by atoms with E-state index in [2.05, 4.69) is 57.7 Å². The fraction of sp³-hybridized carbons (Fsp3) is 0.538. The van der Waals surface area contributed by atoms with Crippen molar-refractivity contribution >= 4 is 24.4 Å². The quantitative estimate of drug-likeness (QED) is 0.592. The van der Waals surface area contributed by atoms with E-state index in [4.69, 9.17) is 0 Å². The molecule has 1 rings (SSSR count). The molecule has 1 aromatic carbocycles. The van der Waals surface area contributed by atoms with Gasteiger partial charge in [0.05, 0.1) is 0 Å². The Balaban J connectivity index is 2.49. The minimum atomic E-state index is 0.707. The Bertz CT molecular complexity index is 294. The van der Waals surface area contributed by atoms with E-state index in [1.807, 2.05) is 11.8 Å². The first-order valence-corrected chi connectivity index (χ1v) is 7.05. The lowest BCUT2D eigenvalue weighted by Crippen LogP contribution is -2.13. The summed E-state index contributed by atoms with van der Waals surface area (Å²) >= 11 is 6.36. The second-order valence-corrected chi connectivity index (χ2v) is 5.77. The molecule has 0 saturated heterocycles. The van der Waals surface area contributed by atoms with Crippen molar-refractivity contribution in [3.63, 3.8) is 0 Å². The Kier molecular flexibility index (Phi) is 5.62. The third kappa shape index (κ3) is 4.52. The molecule has 0 aliphatic heterocycles. The number of hydrogen-bond donors (Lipinski definition) is 1. The molecule has 0 bridgehead atoms. The van der Waals surface area contributed by atoms with Crippen molar-refractivity contribution in [1.29, 1.82) is 0 Å². The van der Waals surface area contributed by atoms with Gasteiger partial charge in [0, 0.05) is 10.6 Å². The van der Waals surface area contributed by atoms with E-state index in [1.54, 1.807) is 0 Å². The third-order valence-electron chi connectivity index (χ3n) is 2.63. The first kappa shape index (κ1) is 13.0. The van der Waals surface area contributed by atoms with Crippen LogP contribution >= 0.6 is 24.4 Å². The maximum Gasteiger partial charge on any atom is 0.00746 e. The SMILES string of the molecule is Cc1cccc(SCC(CS)C(C)C)c1. The Morgan fingerprint density at radius 2 is 2.07 bits per heavy atom. The molecule has 84 valence electrons. The standard InChI is InChI=1S/C13H20S2/c1-10(2)12(8-14)9-15-13-6-4-5-11(3)7-13/h4-7,10,12,14H,8-9H2,1-3H3. The van der Waals surface area contributed by atoms with Crippen LogP contribution in [0.1, 0.15) is 19.4 Å². The molecular formula is C13H20S2. The van der Waals surface area contributed by atoms with Gasteiger partial charge in [-0.05, 0) is 36.6 Å². The van der Waals surface area contributed by atoms with Gasteiger partial charge in [0.15, 0.2) is 0 Å². The van der Waals surface area contributed by atoms with E-state index in [-0.39, 0.29) is 0 Å². The molecule has 0 heterocycles. The molecule has 0 saturated carbocycles. The van der Waals surface area contributed by atoms with Crippen LogP contribution in [0.4, 0.5) is 0 Å². The van der Waals surface area contributed by atoms with E-state index in [9.17, 15) is 0 Å². The summed E-state index contributed by atoms with van der Waals surface area (Å²) in [5, 5.41) is 0. The van der Waals surface area contributed by atoms with Gasteiger partial charge >= 0.3 is 0 Å². The highest BCUT2D eigenvalue weighted by Crippen LogP contribution is 2.25. The van der Waals surface area contributed by atoms with Crippen molar-refractivity contribution in [3.05, 3.63) is 29.8 Å². The predicted molar refractivity (Wildman–Crippen MR) is 74.1 cm³/mol. The minimum absolute atomic E-state index is 0.707. The molecule has 2 heteroatoms. The number of thiol groups is 1. The summed E-state index contributed by atoms with van der Waals surface area (Å²) in [4.78, 5) is 1.38. The summed E-state index contributed by atoms with van der Waals surface area (Å²) in [5.74, 6) is 3.58. The number of hydrogen-bond acceptors (Lipinski definition) is 2. The topological polar surface area (TPSA) is 0 Å². The van der Waals surface area contributed by atoms with Crippen LogP contribution < -0.4 is 0 Å². The first-order valence-electron chi connectivity index (χ1n) is 5.43. The van der Waals surface area contributed by atoms with Crippen molar-refractivity contribution in [2.24, 2.45) is 11.8 Å². The fourth-order valence-electron chi connectivity index (χ4n) is 1.36. The lowest BCUT2D eigenvalue weighted by atomic mass is 10.0. The second kappa shape index (κ2) is 6.49. The van der Waals surface area contributed by atoms with Crippen LogP contribution in [-0.2, 0) is 0 Å². The minimum Gasteiger partial charge on any atom is -0.179 e. The number of rotatable bonds is 5. The van der Waals surface area contributed by atoms with Crippen LogP contribution in [0.15, 0.2) is 29.2 Å². The molecule has 0 aliphatic rings. The highest BCUT2D eigenvalue weighted by atomic mass is 32.2. The van der Waals surface area contributed by atoms with Gasteiger partial charge < -0.3 is 0 Å². The number of thioether (sulfide) groups is 1. The van der Waals surface area contributed by atoms with Gasteiger partial charge in [-0.3, -0.25) is 0 Å². The molecule has 0 radical (unpaired) electrons. The van der Waals surface area contributed by atoms with Crippen LogP contribution in [0.5, 0.6) is 0 Å². The summed E-state index contributed by atoms with van der Waals surface area (Å²) in [6.45, 7) is 6.69. The molecule has 0 N–H and O–H groups in total. The predicted octanol–water partition coefficient (Wildman–Crippen LogP) is 4.29. The molecule has 0 aromatic heterocycles. The van der Waals surface area contributed by atoms with Crippen LogP contribution in [0.3, 0.4) is 0 Å². The summed E-state index contributed by atoms with van der Waals surface area (Å²) in [6.07, 6.45) is 0. The average Bonchev–Trinajstić information content (AvgIpc) is 2.18. The number of benzene rings is 1. The Morgan fingerprint density at radius 1 is 1.33 bits per heavy atom. The van der Waals surface area contributed by atoms with Gasteiger partial charge in [0.25, 0.3) is 0 Å². The molecule has 0 amide bonds. The zero-order valence-corrected chi connectivity index (χ0v) is 11.4. The van der Waals surface area contributed by atoms with E-state index < -0.39 is 0 Å². The Hall–Kier alpha value is -0.0800. The average molecular weight is 240 g/mol. The van der Waals surface area contributed by atoms with Gasteiger partial charge in [-0.15, -0.1) is 11.8 Å². The zero-order valence-electron chi connectivity index (χ0n) is 9.73. The first-order chi connectivity index (χ1) is 7.13. The molecule has 0 nitrogen and oxygen atoms in total. The fourth-order valence-corrected chi connectivity index (χ4v) is 3.44. The van der Waals surface area contributed by atoms with Crippen LogP contribution in [0.25, 0.3) is 0 Å². The van der Waals surface area contributed by atoms with E-state index >= 15 is 0 Å². The summed E-state index contributed by atoms with van der Waals surface area (Å²) < 4.78 is 0. The maximum atomic E-state index is 4.41. The molecular weight excluding hydrogens is 220 g/mol. The zero-order chi connectivity index (χ0) is 11.3. The van der Waals surface area contributed by atoms with Gasteiger partial charge in [-0.1, -0.05) is 31.5 Å². The van der Waals surface area contributed by atoms with Gasteiger partial charge in [0.2, 0.25) is 0 Å². The number of aryl methyl sites for hydroxylation is 1. The van der Waals surface area contributed by atoms with Gasteiger partial charge in [0.1, 0.15) is 0 Å². The van der Waals surface area contributed by atoms with Crippen LogP contribution in [0.2, 0.25) is 0 Å². The summed E-state index contributed by atoms with van der Waals surface area (Å²) in [6, 6.07) is 8.71. The lowest BCUT2D eigenvalue weighted by Gasteiger charge is -2.17. The van der Waals surface area contributed by atoms with Crippen molar-refractivity contribution in [3.8, 4) is 0 Å². The maximum absolute atomic E-state index is 4.41. The van der Waals surface area contributed by atoms with Gasteiger partial charge in [-0.2, -0.15) is 12.6 Å². The highest BCUT2D eigenvalue weighted by Gasteiger charge is 2.11. The normalized spacial score (nSPS) is 13.1. The van der Waals surface area contributed by atoms with Crippen molar-refractivity contribution in [2.75, 3.05) is 11.5 Å². The molecule has 15 heavy (non-hydrogen) atoms.